The number of amides is 1. The van der Waals surface area contributed by atoms with Gasteiger partial charge < -0.3 is 10.6 Å². The molecule has 1 unspecified atom stereocenters. The van der Waals surface area contributed by atoms with Crippen molar-refractivity contribution in [2.75, 3.05) is 26.2 Å². The second kappa shape index (κ2) is 7.19. The summed E-state index contributed by atoms with van der Waals surface area (Å²) < 4.78 is 38.1. The van der Waals surface area contributed by atoms with Crippen LogP contribution in [0, 0.1) is 5.41 Å². The van der Waals surface area contributed by atoms with Crippen LogP contribution in [-0.2, 0) is 17.5 Å². The summed E-state index contributed by atoms with van der Waals surface area (Å²) in [6, 6.07) is 5.31. The normalized spacial score (nSPS) is 24.0. The Hall–Kier alpha value is -1.60. The van der Waals surface area contributed by atoms with Crippen molar-refractivity contribution in [2.45, 2.75) is 44.9 Å². The van der Waals surface area contributed by atoms with Crippen molar-refractivity contribution in [3.05, 3.63) is 35.4 Å². The smallest absolute Gasteiger partial charge is 0.334 e. The van der Waals surface area contributed by atoms with Gasteiger partial charge in [-0.1, -0.05) is 19.1 Å². The first-order chi connectivity index (χ1) is 12.2. The van der Waals surface area contributed by atoms with Crippen molar-refractivity contribution in [3.8, 4) is 0 Å². The van der Waals surface area contributed by atoms with Gasteiger partial charge in [-0.05, 0) is 55.5 Å². The van der Waals surface area contributed by atoms with Crippen LogP contribution in [0.15, 0.2) is 24.3 Å². The molecule has 3 rings (SSSR count). The Bertz CT molecular complexity index is 642. The first-order valence-corrected chi connectivity index (χ1v) is 9.08. The largest absolute Gasteiger partial charge is 0.416 e. The molecular weight excluding hydrogens is 343 g/mol. The zero-order valence-electron chi connectivity index (χ0n) is 15.1. The molecule has 1 saturated carbocycles. The van der Waals surface area contributed by atoms with Crippen molar-refractivity contribution in [1.82, 2.24) is 9.80 Å². The number of hydrogen-bond acceptors (Lipinski definition) is 3. The van der Waals surface area contributed by atoms with E-state index in [-0.39, 0.29) is 17.4 Å². The Morgan fingerprint density at radius 1 is 1.31 bits per heavy atom. The Balaban J connectivity index is 1.62. The van der Waals surface area contributed by atoms with Gasteiger partial charge in [0.15, 0.2) is 0 Å². The fraction of sp³-hybridized carbons (Fsp3) is 0.632. The Morgan fingerprint density at radius 3 is 2.46 bits per heavy atom. The minimum absolute atomic E-state index is 0.0497. The van der Waals surface area contributed by atoms with E-state index in [0.29, 0.717) is 19.6 Å². The number of alkyl halides is 3. The number of nitrogens with zero attached hydrogens (tertiary/aromatic N) is 2. The fourth-order valence-corrected chi connectivity index (χ4v) is 3.51. The molecule has 1 aromatic rings. The molecule has 1 aliphatic carbocycles. The lowest BCUT2D eigenvalue weighted by molar-refractivity contribution is -0.137. The third kappa shape index (κ3) is 4.57. The molecule has 0 radical (unpaired) electrons. The molecule has 0 aromatic heterocycles. The minimum atomic E-state index is -4.34. The van der Waals surface area contributed by atoms with Crippen LogP contribution in [0.2, 0.25) is 0 Å². The third-order valence-electron chi connectivity index (χ3n) is 5.43. The molecule has 1 heterocycles. The van der Waals surface area contributed by atoms with Crippen LogP contribution < -0.4 is 5.73 Å². The first kappa shape index (κ1) is 19.2. The number of hydrogen-bond donors (Lipinski definition) is 1. The molecule has 2 aliphatic rings. The van der Waals surface area contributed by atoms with Crippen LogP contribution >= 0.6 is 0 Å². The summed E-state index contributed by atoms with van der Waals surface area (Å²) in [6.07, 6.45) is -1.42. The lowest BCUT2D eigenvalue weighted by Crippen LogP contribution is -2.41. The van der Waals surface area contributed by atoms with E-state index in [9.17, 15) is 18.0 Å². The summed E-state index contributed by atoms with van der Waals surface area (Å²) in [4.78, 5) is 16.7. The Morgan fingerprint density at radius 2 is 1.96 bits per heavy atom. The van der Waals surface area contributed by atoms with Crippen LogP contribution in [0.25, 0.3) is 0 Å². The molecular formula is C19H26F3N3O. The van der Waals surface area contributed by atoms with Gasteiger partial charge in [0.25, 0.3) is 0 Å². The molecule has 1 atom stereocenters. The van der Waals surface area contributed by atoms with Crippen LogP contribution in [0.1, 0.15) is 37.3 Å². The maximum absolute atomic E-state index is 12.8. The molecule has 1 aliphatic heterocycles. The molecule has 0 spiro atoms. The number of rotatable bonds is 6. The van der Waals surface area contributed by atoms with E-state index in [0.717, 1.165) is 50.0 Å². The molecule has 2 N–H and O–H groups in total. The van der Waals surface area contributed by atoms with Gasteiger partial charge in [-0.15, -0.1) is 0 Å². The lowest BCUT2D eigenvalue weighted by atomic mass is 9.90. The summed E-state index contributed by atoms with van der Waals surface area (Å²) in [5.41, 5.74) is 5.95. The molecule has 1 amide bonds. The molecule has 4 nitrogen and oxygen atoms in total. The Labute approximate surface area is 152 Å². The van der Waals surface area contributed by atoms with Crippen LogP contribution in [-0.4, -0.2) is 47.9 Å². The van der Waals surface area contributed by atoms with Crippen molar-refractivity contribution in [1.29, 1.82) is 0 Å². The van der Waals surface area contributed by atoms with Crippen molar-refractivity contribution >= 4 is 5.91 Å². The molecule has 26 heavy (non-hydrogen) atoms. The van der Waals surface area contributed by atoms with Crippen molar-refractivity contribution in [2.24, 2.45) is 11.1 Å². The maximum atomic E-state index is 12.8. The van der Waals surface area contributed by atoms with E-state index in [1.54, 1.807) is 0 Å². The van der Waals surface area contributed by atoms with E-state index in [1.807, 2.05) is 4.90 Å². The predicted octanol–water partition coefficient (Wildman–Crippen LogP) is 2.87. The van der Waals surface area contributed by atoms with Crippen LogP contribution in [0.3, 0.4) is 0 Å². The molecule has 2 fully saturated rings. The number of halogens is 3. The average Bonchev–Trinajstić information content (AvgIpc) is 3.36. The van der Waals surface area contributed by atoms with Gasteiger partial charge in [0.2, 0.25) is 5.91 Å². The van der Waals surface area contributed by atoms with E-state index >= 15 is 0 Å². The summed E-state index contributed by atoms with van der Waals surface area (Å²) in [6.45, 7) is 5.14. The monoisotopic (exact) mass is 369 g/mol. The van der Waals surface area contributed by atoms with Gasteiger partial charge >= 0.3 is 6.18 Å². The highest BCUT2D eigenvalue weighted by atomic mass is 19.4. The Kier molecular flexibility index (Phi) is 5.30. The molecule has 0 bridgehead atoms. The third-order valence-corrected chi connectivity index (χ3v) is 5.43. The second-order valence-electron chi connectivity index (χ2n) is 7.92. The minimum Gasteiger partial charge on any atom is -0.334 e. The topological polar surface area (TPSA) is 49.6 Å². The average molecular weight is 369 g/mol. The molecule has 1 aromatic carbocycles. The van der Waals surface area contributed by atoms with Gasteiger partial charge in [-0.2, -0.15) is 13.2 Å². The quantitative estimate of drug-likeness (QED) is 0.839. The first-order valence-electron chi connectivity index (χ1n) is 9.08. The van der Waals surface area contributed by atoms with Crippen LogP contribution in [0.5, 0.6) is 0 Å². The zero-order valence-corrected chi connectivity index (χ0v) is 15.1. The van der Waals surface area contributed by atoms with Crippen LogP contribution in [0.4, 0.5) is 13.2 Å². The SMILES string of the molecule is CC1(CN)CCN(CC(=O)N(Cc2ccc(C(F)(F)F)cc2)C2CC2)C1. The predicted molar refractivity (Wildman–Crippen MR) is 93.2 cm³/mol. The maximum Gasteiger partial charge on any atom is 0.416 e. The van der Waals surface area contributed by atoms with Gasteiger partial charge in [0.1, 0.15) is 0 Å². The second-order valence-corrected chi connectivity index (χ2v) is 7.92. The van der Waals surface area contributed by atoms with Crippen molar-refractivity contribution in [3.63, 3.8) is 0 Å². The number of benzene rings is 1. The summed E-state index contributed by atoms with van der Waals surface area (Å²) >= 11 is 0. The highest BCUT2D eigenvalue weighted by Crippen LogP contribution is 2.32. The summed E-state index contributed by atoms with van der Waals surface area (Å²) in [7, 11) is 0. The molecule has 144 valence electrons. The standard InChI is InChI=1S/C19H26F3N3O/c1-18(12-23)8-9-24(13-18)11-17(26)25(16-6-7-16)10-14-2-4-15(5-3-14)19(20,21)22/h2-5,16H,6-13,23H2,1H3. The fourth-order valence-electron chi connectivity index (χ4n) is 3.51. The van der Waals surface area contributed by atoms with Gasteiger partial charge in [-0.25, -0.2) is 0 Å². The van der Waals surface area contributed by atoms with E-state index in [2.05, 4.69) is 11.8 Å². The number of carbonyl (C=O) groups excluding carboxylic acids is 1. The van der Waals surface area contributed by atoms with Gasteiger partial charge in [0.05, 0.1) is 12.1 Å². The summed E-state index contributed by atoms with van der Waals surface area (Å²) in [5, 5.41) is 0. The summed E-state index contributed by atoms with van der Waals surface area (Å²) in [5.74, 6) is 0.0497. The molecule has 1 saturated heterocycles. The number of likely N-dealkylation sites (tertiary alicyclic amines) is 1. The lowest BCUT2D eigenvalue weighted by Gasteiger charge is -2.27. The van der Waals surface area contributed by atoms with E-state index < -0.39 is 11.7 Å². The van der Waals surface area contributed by atoms with E-state index in [1.165, 1.54) is 12.1 Å². The number of nitrogens with two attached hydrogens (primary N) is 1. The number of carbonyl (C=O) groups is 1. The highest BCUT2D eigenvalue weighted by molar-refractivity contribution is 5.79. The van der Waals surface area contributed by atoms with Gasteiger partial charge in [-0.3, -0.25) is 9.69 Å². The van der Waals surface area contributed by atoms with Gasteiger partial charge in [0, 0.05) is 19.1 Å². The van der Waals surface area contributed by atoms with E-state index in [4.69, 9.17) is 5.73 Å². The zero-order chi connectivity index (χ0) is 18.9. The molecule has 7 heteroatoms. The highest BCUT2D eigenvalue weighted by Gasteiger charge is 2.37. The van der Waals surface area contributed by atoms with Crippen molar-refractivity contribution < 1.29 is 18.0 Å².